The summed E-state index contributed by atoms with van der Waals surface area (Å²) in [6, 6.07) is -2.86. The molecular weight excluding hydrogens is 518 g/mol. The predicted octanol–water partition coefficient (Wildman–Crippen LogP) is 3.13. The smallest absolute Gasteiger partial charge is 0.407 e. The number of nitrogens with zero attached hydrogens (tertiary/aromatic N) is 1. The lowest BCUT2D eigenvalue weighted by Crippen LogP contribution is -2.57. The maximum atomic E-state index is 14.1. The lowest BCUT2D eigenvalue weighted by molar-refractivity contribution is -0.153. The molecule has 11 nitrogen and oxygen atoms in total. The fourth-order valence-corrected chi connectivity index (χ4v) is 5.38. The van der Waals surface area contributed by atoms with Crippen LogP contribution in [0.4, 0.5) is 4.79 Å². The van der Waals surface area contributed by atoms with Crippen molar-refractivity contribution in [2.45, 2.75) is 123 Å². The van der Waals surface area contributed by atoms with E-state index in [1.807, 2.05) is 41.5 Å². The van der Waals surface area contributed by atoms with Crippen molar-refractivity contribution >= 4 is 29.7 Å². The van der Waals surface area contributed by atoms with E-state index in [0.717, 1.165) is 39.2 Å². The van der Waals surface area contributed by atoms with Crippen molar-refractivity contribution in [1.29, 1.82) is 0 Å². The lowest BCUT2D eigenvalue weighted by Gasteiger charge is -2.34. The van der Waals surface area contributed by atoms with Crippen molar-refractivity contribution in [1.82, 2.24) is 15.5 Å². The second-order valence-corrected chi connectivity index (χ2v) is 12.3. The summed E-state index contributed by atoms with van der Waals surface area (Å²) in [5, 5.41) is 5.49. The summed E-state index contributed by atoms with van der Waals surface area (Å²) in [7, 11) is 1.11. The third kappa shape index (κ3) is 10.1. The first-order valence-electron chi connectivity index (χ1n) is 14.6. The number of hydrogen-bond donors (Lipinski definition) is 2. The summed E-state index contributed by atoms with van der Waals surface area (Å²) in [6.45, 7) is 11.8. The number of carbonyl (C=O) groups excluding carboxylic acids is 5. The highest BCUT2D eigenvalue weighted by Gasteiger charge is 2.46. The summed E-state index contributed by atoms with van der Waals surface area (Å²) in [5.41, 5.74) is -0.516. The number of alkyl carbamates (subject to hydrolysis) is 1. The Morgan fingerprint density at radius 2 is 1.65 bits per heavy atom. The van der Waals surface area contributed by atoms with E-state index in [4.69, 9.17) is 9.47 Å². The van der Waals surface area contributed by atoms with Gasteiger partial charge >= 0.3 is 12.1 Å². The van der Waals surface area contributed by atoms with Gasteiger partial charge in [-0.3, -0.25) is 14.4 Å². The van der Waals surface area contributed by atoms with Crippen molar-refractivity contribution < 1.29 is 38.2 Å². The molecule has 1 unspecified atom stereocenters. The molecule has 0 aromatic carbocycles. The largest absolute Gasteiger partial charge is 0.463 e. The highest BCUT2D eigenvalue weighted by Crippen LogP contribution is 2.31. The molecule has 1 saturated carbocycles. The summed E-state index contributed by atoms with van der Waals surface area (Å²) >= 11 is 0. The SMILES string of the molecule is CCCC(NC(=O)[C@@H]1C[C@@H](OC(C)(C)C)CN1C(=O)[C@@H](NC(=O)OCC(C)C)C1CCCCC1)C(=O)C(=O)OC. The Morgan fingerprint density at radius 1 is 1.00 bits per heavy atom. The zero-order valence-electron chi connectivity index (χ0n) is 25.2. The van der Waals surface area contributed by atoms with Gasteiger partial charge in [-0.15, -0.1) is 0 Å². The van der Waals surface area contributed by atoms with Crippen LogP contribution in [0, 0.1) is 11.8 Å². The molecule has 1 saturated heterocycles. The fraction of sp³-hybridized carbons (Fsp3) is 0.828. The number of ether oxygens (including phenoxy) is 3. The van der Waals surface area contributed by atoms with Crippen LogP contribution in [0.25, 0.3) is 0 Å². The molecular formula is C29H49N3O8. The van der Waals surface area contributed by atoms with Crippen molar-refractivity contribution in [2.24, 2.45) is 11.8 Å². The van der Waals surface area contributed by atoms with E-state index in [9.17, 15) is 24.0 Å². The van der Waals surface area contributed by atoms with Gasteiger partial charge in [0.1, 0.15) is 12.1 Å². The highest BCUT2D eigenvalue weighted by molar-refractivity contribution is 6.36. The Labute approximate surface area is 238 Å². The topological polar surface area (TPSA) is 140 Å². The second kappa shape index (κ2) is 15.3. The van der Waals surface area contributed by atoms with Crippen LogP contribution in [0.5, 0.6) is 0 Å². The Kier molecular flexibility index (Phi) is 12.9. The summed E-state index contributed by atoms with van der Waals surface area (Å²) < 4.78 is 16.1. The molecule has 0 bridgehead atoms. The zero-order chi connectivity index (χ0) is 30.0. The van der Waals surface area contributed by atoms with Crippen molar-refractivity contribution in [3.63, 3.8) is 0 Å². The van der Waals surface area contributed by atoms with Crippen LogP contribution in [0.3, 0.4) is 0 Å². The normalized spacial score (nSPS) is 21.4. The first-order valence-corrected chi connectivity index (χ1v) is 14.6. The number of Topliss-reactive ketones (excluding diaryl/α,β-unsaturated/α-hetero) is 1. The predicted molar refractivity (Wildman–Crippen MR) is 148 cm³/mol. The number of hydrogen-bond acceptors (Lipinski definition) is 8. The van der Waals surface area contributed by atoms with Crippen molar-refractivity contribution in [2.75, 3.05) is 20.3 Å². The van der Waals surface area contributed by atoms with Crippen LogP contribution >= 0.6 is 0 Å². The number of likely N-dealkylation sites (tertiary alicyclic amines) is 1. The molecule has 2 aliphatic rings. The van der Waals surface area contributed by atoms with Crippen LogP contribution in [-0.2, 0) is 33.4 Å². The molecule has 1 heterocycles. The molecule has 2 rings (SSSR count). The maximum Gasteiger partial charge on any atom is 0.407 e. The van der Waals surface area contributed by atoms with Crippen molar-refractivity contribution in [3.8, 4) is 0 Å². The van der Waals surface area contributed by atoms with E-state index in [1.54, 1.807) is 0 Å². The molecule has 0 spiro atoms. The van der Waals surface area contributed by atoms with E-state index in [0.29, 0.717) is 6.42 Å². The number of esters is 1. The van der Waals surface area contributed by atoms with Crippen LogP contribution in [-0.4, -0.2) is 84.7 Å². The van der Waals surface area contributed by atoms with E-state index >= 15 is 0 Å². The Morgan fingerprint density at radius 3 is 2.20 bits per heavy atom. The zero-order valence-corrected chi connectivity index (χ0v) is 25.2. The minimum Gasteiger partial charge on any atom is -0.463 e. The summed E-state index contributed by atoms with van der Waals surface area (Å²) in [6.07, 6.45) is 4.44. The van der Waals surface area contributed by atoms with E-state index in [-0.39, 0.29) is 43.7 Å². The molecule has 11 heteroatoms. The molecule has 4 atom stereocenters. The monoisotopic (exact) mass is 567 g/mol. The third-order valence-electron chi connectivity index (χ3n) is 7.17. The Bertz CT molecular complexity index is 894. The van der Waals surface area contributed by atoms with Gasteiger partial charge in [-0.2, -0.15) is 0 Å². The number of nitrogens with one attached hydrogen (secondary N) is 2. The molecule has 228 valence electrons. The minimum absolute atomic E-state index is 0.0899. The summed E-state index contributed by atoms with van der Waals surface area (Å²) in [5.74, 6) is -2.75. The van der Waals surface area contributed by atoms with Crippen LogP contribution in [0.1, 0.15) is 92.9 Å². The average molecular weight is 568 g/mol. The molecule has 1 aliphatic carbocycles. The molecule has 0 radical (unpaired) electrons. The molecule has 2 N–H and O–H groups in total. The Hall–Kier alpha value is -2.69. The van der Waals surface area contributed by atoms with Gasteiger partial charge in [0.15, 0.2) is 0 Å². The molecule has 0 aromatic heterocycles. The highest BCUT2D eigenvalue weighted by atomic mass is 16.5. The number of ketones is 1. The van der Waals surface area contributed by atoms with E-state index in [2.05, 4.69) is 15.4 Å². The van der Waals surface area contributed by atoms with Crippen LogP contribution < -0.4 is 10.6 Å². The van der Waals surface area contributed by atoms with Gasteiger partial charge in [-0.05, 0) is 51.9 Å². The van der Waals surface area contributed by atoms with Gasteiger partial charge in [0.2, 0.25) is 11.8 Å². The van der Waals surface area contributed by atoms with Gasteiger partial charge in [-0.25, -0.2) is 9.59 Å². The maximum absolute atomic E-state index is 14.1. The molecule has 2 fully saturated rings. The molecule has 0 aromatic rings. The minimum atomic E-state index is -1.07. The molecule has 40 heavy (non-hydrogen) atoms. The van der Waals surface area contributed by atoms with Crippen molar-refractivity contribution in [3.05, 3.63) is 0 Å². The number of rotatable bonds is 12. The lowest BCUT2D eigenvalue weighted by atomic mass is 9.83. The average Bonchev–Trinajstić information content (AvgIpc) is 3.31. The van der Waals surface area contributed by atoms with E-state index < -0.39 is 53.6 Å². The van der Waals surface area contributed by atoms with Gasteiger partial charge in [-0.1, -0.05) is 46.5 Å². The van der Waals surface area contributed by atoms with Gasteiger partial charge in [0.25, 0.3) is 5.78 Å². The molecule has 3 amide bonds. The third-order valence-corrected chi connectivity index (χ3v) is 7.17. The van der Waals surface area contributed by atoms with Crippen LogP contribution in [0.2, 0.25) is 0 Å². The first-order chi connectivity index (χ1) is 18.8. The first kappa shape index (κ1) is 33.5. The second-order valence-electron chi connectivity index (χ2n) is 12.3. The Balaban J connectivity index is 2.34. The van der Waals surface area contributed by atoms with Gasteiger partial charge in [0.05, 0.1) is 31.5 Å². The van der Waals surface area contributed by atoms with Gasteiger partial charge in [0, 0.05) is 13.0 Å². The number of methoxy groups -OCH3 is 1. The fourth-order valence-electron chi connectivity index (χ4n) is 5.38. The van der Waals surface area contributed by atoms with Crippen LogP contribution in [0.15, 0.2) is 0 Å². The molecule has 1 aliphatic heterocycles. The summed E-state index contributed by atoms with van der Waals surface area (Å²) in [4.78, 5) is 66.3. The number of carbonyl (C=O) groups is 5. The van der Waals surface area contributed by atoms with E-state index in [1.165, 1.54) is 4.90 Å². The standard InChI is InChI=1S/C29H49N3O8/c1-8-12-21(24(33)27(36)38-7)30-25(34)22-15-20(40-29(4,5)6)16-32(22)26(35)23(19-13-10-9-11-14-19)31-28(37)39-17-18(2)3/h18-23H,8-17H2,1-7H3,(H,30,34)(H,31,37)/t20-,21?,22+,23+/m1/s1. The number of amides is 3. The van der Waals surface area contributed by atoms with Gasteiger partial charge < -0.3 is 29.7 Å². The quantitative estimate of drug-likeness (QED) is 0.271.